The third kappa shape index (κ3) is 4.30. The van der Waals surface area contributed by atoms with Crippen molar-refractivity contribution in [1.29, 1.82) is 0 Å². The number of thioether (sulfide) groups is 1. The van der Waals surface area contributed by atoms with E-state index in [1.807, 2.05) is 24.3 Å². The first kappa shape index (κ1) is 19.0. The predicted octanol–water partition coefficient (Wildman–Crippen LogP) is 5.96. The highest BCUT2D eigenvalue weighted by molar-refractivity contribution is 8.27. The van der Waals surface area contributed by atoms with Crippen LogP contribution in [0.1, 0.15) is 5.56 Å². The summed E-state index contributed by atoms with van der Waals surface area (Å²) < 4.78 is 5.89. The van der Waals surface area contributed by atoms with Gasteiger partial charge in [0.05, 0.1) is 10.6 Å². The zero-order valence-corrected chi connectivity index (χ0v) is 16.6. The van der Waals surface area contributed by atoms with Crippen molar-refractivity contribution in [3.8, 4) is 5.75 Å². The molecule has 1 aliphatic rings. The molecule has 1 amide bonds. The maximum absolute atomic E-state index is 12.8. The number of anilines is 1. The van der Waals surface area contributed by atoms with E-state index >= 15 is 0 Å². The number of rotatable bonds is 5. The normalized spacial score (nSPS) is 15.6. The third-order valence-electron chi connectivity index (χ3n) is 3.44. The molecule has 0 atom stereocenters. The van der Waals surface area contributed by atoms with Crippen LogP contribution in [0.4, 0.5) is 5.69 Å². The smallest absolute Gasteiger partial charge is 0.270 e. The molecule has 1 saturated heterocycles. The number of carbonyl (C=O) groups is 1. The predicted molar refractivity (Wildman–Crippen MR) is 114 cm³/mol. The minimum absolute atomic E-state index is 0.203. The second-order valence-corrected chi connectivity index (χ2v) is 7.86. The van der Waals surface area contributed by atoms with E-state index in [4.69, 9.17) is 40.2 Å². The molecule has 0 unspecified atom stereocenters. The van der Waals surface area contributed by atoms with Gasteiger partial charge >= 0.3 is 0 Å². The number of amides is 1. The highest BCUT2D eigenvalue weighted by atomic mass is 35.5. The number of thiocarbonyl (C=S) groups is 1. The SMILES string of the molecule is C=CCOc1ccc(C=C2SC(=S)N(c3cc(Cl)cc(Cl)c3)C2=O)cc1. The van der Waals surface area contributed by atoms with Crippen molar-refractivity contribution in [3.05, 3.63) is 75.6 Å². The molecule has 1 heterocycles. The molecule has 0 spiro atoms. The van der Waals surface area contributed by atoms with Gasteiger partial charge in [0, 0.05) is 10.0 Å². The van der Waals surface area contributed by atoms with E-state index in [0.29, 0.717) is 31.6 Å². The summed E-state index contributed by atoms with van der Waals surface area (Å²) in [5.74, 6) is 0.536. The average Bonchev–Trinajstić information content (AvgIpc) is 2.87. The number of ether oxygens (including phenoxy) is 1. The molecule has 3 nitrogen and oxygen atoms in total. The lowest BCUT2D eigenvalue weighted by atomic mass is 10.2. The van der Waals surface area contributed by atoms with Crippen LogP contribution >= 0.6 is 47.2 Å². The third-order valence-corrected chi connectivity index (χ3v) is 5.18. The summed E-state index contributed by atoms with van der Waals surface area (Å²) >= 11 is 18.7. The molecule has 26 heavy (non-hydrogen) atoms. The largest absolute Gasteiger partial charge is 0.490 e. The number of benzene rings is 2. The molecule has 0 saturated carbocycles. The summed E-state index contributed by atoms with van der Waals surface area (Å²) in [5.41, 5.74) is 1.43. The van der Waals surface area contributed by atoms with Crippen molar-refractivity contribution < 1.29 is 9.53 Å². The van der Waals surface area contributed by atoms with Gasteiger partial charge < -0.3 is 4.74 Å². The van der Waals surface area contributed by atoms with Crippen molar-refractivity contribution in [2.24, 2.45) is 0 Å². The maximum Gasteiger partial charge on any atom is 0.270 e. The monoisotopic (exact) mass is 421 g/mol. The number of carbonyl (C=O) groups excluding carboxylic acids is 1. The van der Waals surface area contributed by atoms with Crippen LogP contribution in [-0.4, -0.2) is 16.8 Å². The Kier molecular flexibility index (Phi) is 6.04. The molecular formula is C19H13Cl2NO2S2. The molecule has 1 aliphatic heterocycles. The lowest BCUT2D eigenvalue weighted by Gasteiger charge is -2.15. The quantitative estimate of drug-likeness (QED) is 0.338. The van der Waals surface area contributed by atoms with Crippen LogP contribution in [0.5, 0.6) is 5.75 Å². The molecule has 0 aliphatic carbocycles. The Bertz CT molecular complexity index is 890. The van der Waals surface area contributed by atoms with E-state index in [2.05, 4.69) is 6.58 Å². The standard InChI is InChI=1S/C19H13Cl2NO2S2/c1-2-7-24-16-5-3-12(4-6-16)8-17-18(23)22(19(25)26-17)15-10-13(20)9-14(21)11-15/h2-6,8-11H,1,7H2. The van der Waals surface area contributed by atoms with Gasteiger partial charge in [0.1, 0.15) is 12.4 Å². The number of hydrogen-bond acceptors (Lipinski definition) is 4. The van der Waals surface area contributed by atoms with E-state index in [0.717, 1.165) is 11.3 Å². The van der Waals surface area contributed by atoms with E-state index in [1.54, 1.807) is 30.4 Å². The van der Waals surface area contributed by atoms with Gasteiger partial charge in [0.15, 0.2) is 4.32 Å². The van der Waals surface area contributed by atoms with Gasteiger partial charge in [-0.25, -0.2) is 0 Å². The Morgan fingerprint density at radius 3 is 2.42 bits per heavy atom. The molecule has 0 aromatic heterocycles. The molecule has 2 aromatic rings. The van der Waals surface area contributed by atoms with Gasteiger partial charge in [0.25, 0.3) is 5.91 Å². The van der Waals surface area contributed by atoms with Gasteiger partial charge in [-0.3, -0.25) is 9.69 Å². The summed E-state index contributed by atoms with van der Waals surface area (Å²) in [6.45, 7) is 4.06. The molecule has 132 valence electrons. The second-order valence-electron chi connectivity index (χ2n) is 5.31. The molecule has 7 heteroatoms. The van der Waals surface area contributed by atoms with Crippen LogP contribution in [0.15, 0.2) is 60.0 Å². The topological polar surface area (TPSA) is 29.5 Å². The Hall–Kier alpha value is -1.79. The fraction of sp³-hybridized carbons (Fsp3) is 0.0526. The molecule has 2 aromatic carbocycles. The summed E-state index contributed by atoms with van der Waals surface area (Å²) in [4.78, 5) is 14.7. The summed E-state index contributed by atoms with van der Waals surface area (Å²) in [5, 5.41) is 0.890. The molecule has 0 radical (unpaired) electrons. The zero-order valence-electron chi connectivity index (χ0n) is 13.4. The van der Waals surface area contributed by atoms with Crippen molar-refractivity contribution in [1.82, 2.24) is 0 Å². The molecular weight excluding hydrogens is 409 g/mol. The van der Waals surface area contributed by atoms with E-state index in [-0.39, 0.29) is 5.91 Å². The summed E-state index contributed by atoms with van der Waals surface area (Å²) in [6.07, 6.45) is 3.48. The van der Waals surface area contributed by atoms with E-state index in [1.165, 1.54) is 16.7 Å². The Morgan fingerprint density at radius 1 is 1.15 bits per heavy atom. The summed E-state index contributed by atoms with van der Waals surface area (Å²) in [6, 6.07) is 12.4. The van der Waals surface area contributed by atoms with Crippen LogP contribution in [0.25, 0.3) is 6.08 Å². The highest BCUT2D eigenvalue weighted by Crippen LogP contribution is 2.37. The van der Waals surface area contributed by atoms with Crippen LogP contribution in [0.2, 0.25) is 10.0 Å². The fourth-order valence-electron chi connectivity index (χ4n) is 2.33. The molecule has 3 rings (SSSR count). The molecule has 0 N–H and O–H groups in total. The Labute approximate surface area is 171 Å². The van der Waals surface area contributed by atoms with Gasteiger partial charge in [-0.1, -0.05) is 72.0 Å². The van der Waals surface area contributed by atoms with Crippen molar-refractivity contribution in [2.75, 3.05) is 11.5 Å². The van der Waals surface area contributed by atoms with E-state index < -0.39 is 0 Å². The van der Waals surface area contributed by atoms with Crippen LogP contribution in [0, 0.1) is 0 Å². The van der Waals surface area contributed by atoms with E-state index in [9.17, 15) is 4.79 Å². The van der Waals surface area contributed by atoms with Crippen LogP contribution in [-0.2, 0) is 4.79 Å². The molecule has 0 bridgehead atoms. The minimum atomic E-state index is -0.203. The Balaban J connectivity index is 1.84. The first-order valence-corrected chi connectivity index (χ1v) is 9.54. The lowest BCUT2D eigenvalue weighted by molar-refractivity contribution is -0.113. The summed E-state index contributed by atoms with van der Waals surface area (Å²) in [7, 11) is 0. The van der Waals surface area contributed by atoms with Crippen molar-refractivity contribution in [3.63, 3.8) is 0 Å². The van der Waals surface area contributed by atoms with Crippen molar-refractivity contribution >= 4 is 69.2 Å². The number of hydrogen-bond donors (Lipinski definition) is 0. The van der Waals surface area contributed by atoms with Crippen molar-refractivity contribution in [2.45, 2.75) is 0 Å². The maximum atomic E-state index is 12.8. The lowest BCUT2D eigenvalue weighted by Crippen LogP contribution is -2.27. The zero-order chi connectivity index (χ0) is 18.7. The van der Waals surface area contributed by atoms with Gasteiger partial charge in [-0.05, 0) is 42.0 Å². The fourth-order valence-corrected chi connectivity index (χ4v) is 4.14. The average molecular weight is 422 g/mol. The first-order valence-electron chi connectivity index (χ1n) is 7.56. The van der Waals surface area contributed by atoms with Gasteiger partial charge in [-0.2, -0.15) is 0 Å². The second kappa shape index (κ2) is 8.27. The van der Waals surface area contributed by atoms with Crippen LogP contribution in [0.3, 0.4) is 0 Å². The number of halogens is 2. The van der Waals surface area contributed by atoms with Crippen LogP contribution < -0.4 is 9.64 Å². The minimum Gasteiger partial charge on any atom is -0.490 e. The van der Waals surface area contributed by atoms with Gasteiger partial charge in [-0.15, -0.1) is 0 Å². The molecule has 1 fully saturated rings. The number of nitrogens with zero attached hydrogens (tertiary/aromatic N) is 1. The first-order chi connectivity index (χ1) is 12.5. The van der Waals surface area contributed by atoms with Gasteiger partial charge in [0.2, 0.25) is 0 Å². The highest BCUT2D eigenvalue weighted by Gasteiger charge is 2.33. The Morgan fingerprint density at radius 2 is 1.81 bits per heavy atom.